The third-order valence-corrected chi connectivity index (χ3v) is 4.62. The summed E-state index contributed by atoms with van der Waals surface area (Å²) in [5.74, 6) is -3.20. The third-order valence-electron chi connectivity index (χ3n) is 3.92. The first-order valence-corrected chi connectivity index (χ1v) is 7.88. The first-order valence-electron chi connectivity index (χ1n) is 6.94. The Morgan fingerprint density at radius 3 is 2.76 bits per heavy atom. The van der Waals surface area contributed by atoms with E-state index in [2.05, 4.69) is 5.32 Å². The number of alkyl halides is 3. The molecule has 1 heterocycles. The molecule has 7 heteroatoms. The largest absolute Gasteiger partial charge is 0.392 e. The fourth-order valence-electron chi connectivity index (χ4n) is 2.75. The maximum Gasteiger partial charge on any atom is 0.392 e. The van der Waals surface area contributed by atoms with Crippen LogP contribution in [0, 0.1) is 11.8 Å². The van der Waals surface area contributed by atoms with Gasteiger partial charge in [0.1, 0.15) is 0 Å². The molecule has 118 valence electrons. The summed E-state index contributed by atoms with van der Waals surface area (Å²) in [5.41, 5.74) is 0.663. The zero-order chi connectivity index (χ0) is 15.5. The normalized spacial score (nSPS) is 24.6. The van der Waals surface area contributed by atoms with E-state index in [0.717, 1.165) is 0 Å². The Kier molecular flexibility index (Phi) is 5.27. The number of aliphatic hydroxyl groups excluding tert-OH is 1. The fraction of sp³-hybridized carbons (Fsp3) is 0.643. The minimum atomic E-state index is -4.34. The van der Waals surface area contributed by atoms with E-state index < -0.39 is 30.0 Å². The van der Waals surface area contributed by atoms with Crippen molar-refractivity contribution in [1.29, 1.82) is 0 Å². The molecule has 1 saturated carbocycles. The molecule has 0 radical (unpaired) electrons. The standard InChI is InChI=1S/C14H18F3NO2S/c15-14(16,17)11-4-2-1-3-10(11)13(20)18-7-12(19)9-5-6-21-8-9/h5-6,8,10-12,19H,1-4,7H2,(H,18,20). The van der Waals surface area contributed by atoms with Crippen molar-refractivity contribution in [3.05, 3.63) is 22.4 Å². The highest BCUT2D eigenvalue weighted by Gasteiger charge is 2.47. The molecular formula is C14H18F3NO2S. The molecule has 1 fully saturated rings. The lowest BCUT2D eigenvalue weighted by Gasteiger charge is -2.32. The predicted octanol–water partition coefficient (Wildman–Crippen LogP) is 3.27. The summed E-state index contributed by atoms with van der Waals surface area (Å²) in [4.78, 5) is 12.0. The van der Waals surface area contributed by atoms with Crippen LogP contribution in [0.25, 0.3) is 0 Å². The lowest BCUT2D eigenvalue weighted by molar-refractivity contribution is -0.198. The van der Waals surface area contributed by atoms with Crippen molar-refractivity contribution in [3.8, 4) is 0 Å². The molecule has 3 nitrogen and oxygen atoms in total. The molecule has 3 unspecified atom stereocenters. The van der Waals surface area contributed by atoms with E-state index in [1.165, 1.54) is 11.3 Å². The van der Waals surface area contributed by atoms with Crippen LogP contribution < -0.4 is 5.32 Å². The van der Waals surface area contributed by atoms with Crippen LogP contribution in [0.15, 0.2) is 16.8 Å². The third kappa shape index (κ3) is 4.20. The summed E-state index contributed by atoms with van der Waals surface area (Å²) in [6, 6.07) is 1.72. The highest BCUT2D eigenvalue weighted by atomic mass is 32.1. The zero-order valence-electron chi connectivity index (χ0n) is 11.4. The first kappa shape index (κ1) is 16.3. The Morgan fingerprint density at radius 2 is 2.14 bits per heavy atom. The average Bonchev–Trinajstić information content (AvgIpc) is 2.97. The number of thiophene rings is 1. The van der Waals surface area contributed by atoms with Gasteiger partial charge in [0.2, 0.25) is 5.91 Å². The molecule has 0 spiro atoms. The van der Waals surface area contributed by atoms with Crippen molar-refractivity contribution in [2.75, 3.05) is 6.54 Å². The summed E-state index contributed by atoms with van der Waals surface area (Å²) >= 11 is 1.41. The summed E-state index contributed by atoms with van der Waals surface area (Å²) < 4.78 is 38.8. The highest BCUT2D eigenvalue weighted by molar-refractivity contribution is 7.07. The van der Waals surface area contributed by atoms with E-state index in [1.54, 1.807) is 16.8 Å². The van der Waals surface area contributed by atoms with Crippen molar-refractivity contribution in [2.45, 2.75) is 38.0 Å². The minimum absolute atomic E-state index is 0.00860. The van der Waals surface area contributed by atoms with E-state index in [-0.39, 0.29) is 19.4 Å². The van der Waals surface area contributed by atoms with Crippen LogP contribution >= 0.6 is 11.3 Å². The van der Waals surface area contributed by atoms with Gasteiger partial charge in [0.05, 0.1) is 12.0 Å². The first-order chi connectivity index (χ1) is 9.89. The molecule has 0 bridgehead atoms. The minimum Gasteiger partial charge on any atom is -0.387 e. The van der Waals surface area contributed by atoms with E-state index >= 15 is 0 Å². The molecule has 2 N–H and O–H groups in total. The molecule has 21 heavy (non-hydrogen) atoms. The fourth-order valence-corrected chi connectivity index (χ4v) is 3.45. The van der Waals surface area contributed by atoms with Crippen LogP contribution in [0.5, 0.6) is 0 Å². The van der Waals surface area contributed by atoms with E-state index in [4.69, 9.17) is 0 Å². The van der Waals surface area contributed by atoms with Gasteiger partial charge < -0.3 is 10.4 Å². The average molecular weight is 321 g/mol. The van der Waals surface area contributed by atoms with Gasteiger partial charge in [-0.05, 0) is 35.2 Å². The van der Waals surface area contributed by atoms with Crippen molar-refractivity contribution < 1.29 is 23.1 Å². The number of rotatable bonds is 4. The summed E-state index contributed by atoms with van der Waals surface area (Å²) in [5, 5.41) is 15.8. The molecular weight excluding hydrogens is 303 g/mol. The Bertz CT molecular complexity index is 461. The Morgan fingerprint density at radius 1 is 1.43 bits per heavy atom. The van der Waals surface area contributed by atoms with E-state index in [1.807, 2.05) is 0 Å². The second kappa shape index (κ2) is 6.79. The van der Waals surface area contributed by atoms with Crippen LogP contribution in [0.4, 0.5) is 13.2 Å². The van der Waals surface area contributed by atoms with Crippen LogP contribution in [-0.2, 0) is 4.79 Å². The topological polar surface area (TPSA) is 49.3 Å². The van der Waals surface area contributed by atoms with Crippen molar-refractivity contribution in [1.82, 2.24) is 5.32 Å². The van der Waals surface area contributed by atoms with Gasteiger partial charge >= 0.3 is 6.18 Å². The van der Waals surface area contributed by atoms with Crippen molar-refractivity contribution in [3.63, 3.8) is 0 Å². The van der Waals surface area contributed by atoms with Gasteiger partial charge in [-0.15, -0.1) is 0 Å². The molecule has 1 aliphatic rings. The number of carbonyl (C=O) groups excluding carboxylic acids is 1. The Hall–Kier alpha value is -1.08. The van der Waals surface area contributed by atoms with Crippen LogP contribution in [0.2, 0.25) is 0 Å². The second-order valence-electron chi connectivity index (χ2n) is 5.36. The number of aliphatic hydroxyl groups is 1. The van der Waals surface area contributed by atoms with Crippen LogP contribution in [0.1, 0.15) is 37.4 Å². The van der Waals surface area contributed by atoms with Gasteiger partial charge in [-0.2, -0.15) is 24.5 Å². The number of hydrogen-bond acceptors (Lipinski definition) is 3. The number of nitrogens with one attached hydrogen (secondary N) is 1. The highest BCUT2D eigenvalue weighted by Crippen LogP contribution is 2.41. The van der Waals surface area contributed by atoms with Gasteiger partial charge in [-0.25, -0.2) is 0 Å². The molecule has 0 aromatic carbocycles. The molecule has 3 atom stereocenters. The molecule has 1 aliphatic carbocycles. The molecule has 0 aliphatic heterocycles. The maximum atomic E-state index is 12.9. The van der Waals surface area contributed by atoms with Gasteiger partial charge in [0, 0.05) is 12.5 Å². The second-order valence-corrected chi connectivity index (χ2v) is 6.14. The smallest absolute Gasteiger partial charge is 0.387 e. The van der Waals surface area contributed by atoms with Crippen molar-refractivity contribution >= 4 is 17.2 Å². The lowest BCUT2D eigenvalue weighted by atomic mass is 9.78. The zero-order valence-corrected chi connectivity index (χ0v) is 12.2. The number of amides is 1. The molecule has 0 saturated heterocycles. The van der Waals surface area contributed by atoms with Gasteiger partial charge in [-0.3, -0.25) is 4.79 Å². The molecule has 1 aromatic rings. The SMILES string of the molecule is O=C(NCC(O)c1ccsc1)C1CCCCC1C(F)(F)F. The summed E-state index contributed by atoms with van der Waals surface area (Å²) in [6.45, 7) is -0.0589. The summed E-state index contributed by atoms with van der Waals surface area (Å²) in [7, 11) is 0. The number of carbonyl (C=O) groups is 1. The van der Waals surface area contributed by atoms with Crippen LogP contribution in [-0.4, -0.2) is 23.7 Å². The van der Waals surface area contributed by atoms with Gasteiger partial charge in [-0.1, -0.05) is 12.8 Å². The quantitative estimate of drug-likeness (QED) is 0.894. The summed E-state index contributed by atoms with van der Waals surface area (Å²) in [6.07, 6.45) is -3.82. The van der Waals surface area contributed by atoms with E-state index in [0.29, 0.717) is 18.4 Å². The maximum absolute atomic E-state index is 12.9. The monoisotopic (exact) mass is 321 g/mol. The van der Waals surface area contributed by atoms with Crippen molar-refractivity contribution in [2.24, 2.45) is 11.8 Å². The number of halogens is 3. The molecule has 2 rings (SSSR count). The Balaban J connectivity index is 1.92. The lowest BCUT2D eigenvalue weighted by Crippen LogP contribution is -2.43. The molecule has 1 aromatic heterocycles. The predicted molar refractivity (Wildman–Crippen MR) is 73.8 cm³/mol. The molecule has 1 amide bonds. The van der Waals surface area contributed by atoms with Gasteiger partial charge in [0.25, 0.3) is 0 Å². The van der Waals surface area contributed by atoms with Crippen LogP contribution in [0.3, 0.4) is 0 Å². The Labute approximate surface area is 125 Å². The number of hydrogen-bond donors (Lipinski definition) is 2. The van der Waals surface area contributed by atoms with E-state index in [9.17, 15) is 23.1 Å². The van der Waals surface area contributed by atoms with Gasteiger partial charge in [0.15, 0.2) is 0 Å².